The molecule has 0 unspecified atom stereocenters. The monoisotopic (exact) mass is 344 g/mol. The molecule has 0 radical (unpaired) electrons. The largest absolute Gasteiger partial charge is 0.465 e. The summed E-state index contributed by atoms with van der Waals surface area (Å²) in [5.74, 6) is 0. The van der Waals surface area contributed by atoms with Crippen LogP contribution in [0.1, 0.15) is 17.2 Å². The summed E-state index contributed by atoms with van der Waals surface area (Å²) in [6, 6.07) is 17.8. The van der Waals surface area contributed by atoms with Crippen LogP contribution in [-0.4, -0.2) is 46.7 Å². The molecule has 6 nitrogen and oxygen atoms in total. The zero-order valence-corrected chi connectivity index (χ0v) is 13.9. The Morgan fingerprint density at radius 1 is 1.00 bits per heavy atom. The van der Waals surface area contributed by atoms with E-state index in [-0.39, 0.29) is 19.2 Å². The van der Waals surface area contributed by atoms with Crippen molar-refractivity contribution >= 4 is 6.09 Å². The molecule has 2 aromatic rings. The fourth-order valence-electron chi connectivity index (χ4n) is 2.69. The van der Waals surface area contributed by atoms with Crippen LogP contribution in [0.4, 0.5) is 4.79 Å². The molecule has 0 fully saturated rings. The second-order valence-electron chi connectivity index (χ2n) is 5.87. The van der Waals surface area contributed by atoms with Gasteiger partial charge in [-0.3, -0.25) is 0 Å². The number of nitrogens with one attached hydrogen (secondary N) is 2. The molecule has 0 aliphatic rings. The number of amides is 1. The molecule has 0 aromatic heterocycles. The maximum absolute atomic E-state index is 11.0. The van der Waals surface area contributed by atoms with E-state index >= 15 is 0 Å². The fourth-order valence-corrected chi connectivity index (χ4v) is 2.69. The van der Waals surface area contributed by atoms with E-state index < -0.39 is 18.2 Å². The van der Waals surface area contributed by atoms with Crippen LogP contribution in [0.5, 0.6) is 0 Å². The highest BCUT2D eigenvalue weighted by Gasteiger charge is 2.22. The van der Waals surface area contributed by atoms with Crippen molar-refractivity contribution in [3.63, 3.8) is 0 Å². The molecule has 0 heterocycles. The standard InChI is InChI=1S/C19H24N2O4/c22-13-17(15-9-5-2-6-10-15)20-12-18(23)16(21-19(24)25)11-14-7-3-1-4-8-14/h1-10,16-18,20-23H,11-13H2,(H,24,25)/t16-,17-,18+/m0/s1. The van der Waals surface area contributed by atoms with Gasteiger partial charge in [-0.1, -0.05) is 60.7 Å². The SMILES string of the molecule is O=C(O)N[C@@H](Cc1ccccc1)[C@H](O)CN[C@@H](CO)c1ccccc1. The number of hydrogen-bond donors (Lipinski definition) is 5. The average molecular weight is 344 g/mol. The summed E-state index contributed by atoms with van der Waals surface area (Å²) >= 11 is 0. The summed E-state index contributed by atoms with van der Waals surface area (Å²) < 4.78 is 0. The second-order valence-corrected chi connectivity index (χ2v) is 5.87. The fraction of sp³-hybridized carbons (Fsp3) is 0.316. The number of aliphatic hydroxyl groups is 2. The molecule has 0 aliphatic heterocycles. The van der Waals surface area contributed by atoms with Crippen LogP contribution < -0.4 is 10.6 Å². The van der Waals surface area contributed by atoms with E-state index in [1.165, 1.54) is 0 Å². The van der Waals surface area contributed by atoms with Crippen molar-refractivity contribution in [3.8, 4) is 0 Å². The molecule has 0 saturated carbocycles. The first-order chi connectivity index (χ1) is 12.1. The van der Waals surface area contributed by atoms with Gasteiger partial charge < -0.3 is 26.0 Å². The molecule has 6 heteroatoms. The molecule has 0 spiro atoms. The Morgan fingerprint density at radius 3 is 2.16 bits per heavy atom. The van der Waals surface area contributed by atoms with Crippen LogP contribution in [-0.2, 0) is 6.42 Å². The number of carbonyl (C=O) groups is 1. The highest BCUT2D eigenvalue weighted by atomic mass is 16.4. The third kappa shape index (κ3) is 6.19. The number of rotatable bonds is 9. The third-order valence-corrected chi connectivity index (χ3v) is 4.03. The minimum atomic E-state index is -1.18. The lowest BCUT2D eigenvalue weighted by Crippen LogP contribution is -2.49. The minimum absolute atomic E-state index is 0.119. The van der Waals surface area contributed by atoms with Gasteiger partial charge in [-0.25, -0.2) is 4.79 Å². The van der Waals surface area contributed by atoms with Gasteiger partial charge in [0.2, 0.25) is 0 Å². The predicted molar refractivity (Wildman–Crippen MR) is 95.4 cm³/mol. The first-order valence-electron chi connectivity index (χ1n) is 8.20. The lowest BCUT2D eigenvalue weighted by atomic mass is 10.0. The van der Waals surface area contributed by atoms with E-state index in [4.69, 9.17) is 5.11 Å². The molecule has 5 N–H and O–H groups in total. The van der Waals surface area contributed by atoms with Crippen molar-refractivity contribution in [2.75, 3.05) is 13.2 Å². The van der Waals surface area contributed by atoms with Crippen LogP contribution in [0.2, 0.25) is 0 Å². The van der Waals surface area contributed by atoms with Crippen LogP contribution in [0.25, 0.3) is 0 Å². The minimum Gasteiger partial charge on any atom is -0.465 e. The van der Waals surface area contributed by atoms with Gasteiger partial charge in [-0.2, -0.15) is 0 Å². The third-order valence-electron chi connectivity index (χ3n) is 4.03. The Balaban J connectivity index is 1.98. The Labute approximate surface area is 147 Å². The van der Waals surface area contributed by atoms with E-state index in [9.17, 15) is 15.0 Å². The number of hydrogen-bond acceptors (Lipinski definition) is 4. The van der Waals surface area contributed by atoms with Gasteiger partial charge in [0.1, 0.15) is 0 Å². The summed E-state index contributed by atoms with van der Waals surface area (Å²) in [7, 11) is 0. The lowest BCUT2D eigenvalue weighted by molar-refractivity contribution is 0.111. The summed E-state index contributed by atoms with van der Waals surface area (Å²) in [6.07, 6.45) is -1.73. The molecular formula is C19H24N2O4. The Bertz CT molecular complexity index is 636. The van der Waals surface area contributed by atoms with Crippen LogP contribution in [0.3, 0.4) is 0 Å². The van der Waals surface area contributed by atoms with Gasteiger partial charge in [0.25, 0.3) is 0 Å². The Morgan fingerprint density at radius 2 is 1.60 bits per heavy atom. The van der Waals surface area contributed by atoms with Crippen molar-refractivity contribution in [1.82, 2.24) is 10.6 Å². The highest BCUT2D eigenvalue weighted by molar-refractivity contribution is 5.65. The predicted octanol–water partition coefficient (Wildman–Crippen LogP) is 1.55. The van der Waals surface area contributed by atoms with Crippen LogP contribution in [0, 0.1) is 0 Å². The van der Waals surface area contributed by atoms with Gasteiger partial charge in [0.15, 0.2) is 0 Å². The molecule has 2 aromatic carbocycles. The van der Waals surface area contributed by atoms with Crippen molar-refractivity contribution < 1.29 is 20.1 Å². The summed E-state index contributed by atoms with van der Waals surface area (Å²) in [5.41, 5.74) is 1.84. The maximum atomic E-state index is 11.0. The molecule has 2 rings (SSSR count). The van der Waals surface area contributed by atoms with Crippen molar-refractivity contribution in [2.24, 2.45) is 0 Å². The maximum Gasteiger partial charge on any atom is 0.404 e. The second kappa shape index (κ2) is 9.78. The van der Waals surface area contributed by atoms with Crippen molar-refractivity contribution in [3.05, 3.63) is 71.8 Å². The Hall–Kier alpha value is -2.41. The Kier molecular flexibility index (Phi) is 7.40. The zero-order chi connectivity index (χ0) is 18.1. The molecule has 0 bridgehead atoms. The molecule has 3 atom stereocenters. The molecular weight excluding hydrogens is 320 g/mol. The van der Waals surface area contributed by atoms with Crippen LogP contribution in [0.15, 0.2) is 60.7 Å². The molecule has 25 heavy (non-hydrogen) atoms. The van der Waals surface area contributed by atoms with E-state index in [1.807, 2.05) is 60.7 Å². The smallest absolute Gasteiger partial charge is 0.404 e. The van der Waals surface area contributed by atoms with E-state index in [2.05, 4.69) is 10.6 Å². The van der Waals surface area contributed by atoms with E-state index in [1.54, 1.807) is 0 Å². The number of aliphatic hydroxyl groups excluding tert-OH is 2. The lowest BCUT2D eigenvalue weighted by Gasteiger charge is -2.25. The summed E-state index contributed by atoms with van der Waals surface area (Å²) in [5, 5.41) is 34.5. The van der Waals surface area contributed by atoms with Crippen LogP contribution >= 0.6 is 0 Å². The van der Waals surface area contributed by atoms with E-state index in [0.717, 1.165) is 11.1 Å². The van der Waals surface area contributed by atoms with E-state index in [0.29, 0.717) is 6.42 Å². The zero-order valence-electron chi connectivity index (χ0n) is 13.9. The number of benzene rings is 2. The van der Waals surface area contributed by atoms with Gasteiger partial charge in [-0.15, -0.1) is 0 Å². The molecule has 1 amide bonds. The normalized spacial score (nSPS) is 14.5. The van der Waals surface area contributed by atoms with Crippen molar-refractivity contribution in [1.29, 1.82) is 0 Å². The topological polar surface area (TPSA) is 102 Å². The van der Waals surface area contributed by atoms with Gasteiger partial charge >= 0.3 is 6.09 Å². The first kappa shape index (κ1) is 18.9. The molecule has 0 aliphatic carbocycles. The summed E-state index contributed by atoms with van der Waals surface area (Å²) in [4.78, 5) is 11.0. The summed E-state index contributed by atoms with van der Waals surface area (Å²) in [6.45, 7) is 0.0321. The van der Waals surface area contributed by atoms with Gasteiger partial charge in [-0.05, 0) is 17.5 Å². The van der Waals surface area contributed by atoms with Gasteiger partial charge in [0, 0.05) is 6.54 Å². The van der Waals surface area contributed by atoms with Crippen molar-refractivity contribution in [2.45, 2.75) is 24.6 Å². The molecule has 0 saturated heterocycles. The average Bonchev–Trinajstić information content (AvgIpc) is 2.63. The first-order valence-corrected chi connectivity index (χ1v) is 8.20. The quantitative estimate of drug-likeness (QED) is 0.475. The van der Waals surface area contributed by atoms with Gasteiger partial charge in [0.05, 0.1) is 24.8 Å². The molecule has 134 valence electrons. The highest BCUT2D eigenvalue weighted by Crippen LogP contribution is 2.12. The number of carboxylic acid groups (broad SMARTS) is 1.